The van der Waals surface area contributed by atoms with E-state index in [0.717, 1.165) is 50.2 Å². The molecule has 0 bridgehead atoms. The van der Waals surface area contributed by atoms with Crippen LogP contribution in [0.4, 0.5) is 10.6 Å². The highest BCUT2D eigenvalue weighted by atomic mass is 16.2. The van der Waals surface area contributed by atoms with Gasteiger partial charge in [0, 0.05) is 31.9 Å². The third-order valence-electron chi connectivity index (χ3n) is 5.13. The molecular formula is C20H25N5O. The van der Waals surface area contributed by atoms with Crippen LogP contribution >= 0.6 is 0 Å². The molecule has 0 unspecified atom stereocenters. The van der Waals surface area contributed by atoms with E-state index in [2.05, 4.69) is 25.3 Å². The Hall–Kier alpha value is -2.63. The molecule has 2 heterocycles. The number of benzene rings is 1. The Balaban J connectivity index is 1.41. The van der Waals surface area contributed by atoms with Gasteiger partial charge < -0.3 is 15.1 Å². The van der Waals surface area contributed by atoms with E-state index in [0.29, 0.717) is 12.6 Å². The van der Waals surface area contributed by atoms with Crippen molar-refractivity contribution in [1.29, 1.82) is 0 Å². The molecule has 0 spiro atoms. The third-order valence-corrected chi connectivity index (χ3v) is 5.13. The van der Waals surface area contributed by atoms with Crippen LogP contribution in [0.25, 0.3) is 0 Å². The number of carbonyl (C=O) groups is 1. The van der Waals surface area contributed by atoms with Gasteiger partial charge in [-0.2, -0.15) is 5.10 Å². The first-order chi connectivity index (χ1) is 12.8. The Labute approximate surface area is 154 Å². The summed E-state index contributed by atoms with van der Waals surface area (Å²) in [6, 6.07) is 14.7. The maximum Gasteiger partial charge on any atom is 0.318 e. The number of rotatable bonds is 5. The second-order valence-corrected chi connectivity index (χ2v) is 7.11. The normalized spacial score (nSPS) is 19.8. The van der Waals surface area contributed by atoms with Crippen LogP contribution < -0.4 is 10.2 Å². The summed E-state index contributed by atoms with van der Waals surface area (Å²) in [5.74, 6) is 0.901. The predicted octanol–water partition coefficient (Wildman–Crippen LogP) is 2.82. The van der Waals surface area contributed by atoms with Gasteiger partial charge in [0.15, 0.2) is 5.82 Å². The van der Waals surface area contributed by atoms with Crippen LogP contribution in [0.1, 0.15) is 31.2 Å². The summed E-state index contributed by atoms with van der Waals surface area (Å²) < 4.78 is 0. The molecule has 1 atom stereocenters. The number of nitrogens with zero attached hydrogens (tertiary/aromatic N) is 4. The first-order valence-corrected chi connectivity index (χ1v) is 9.44. The molecule has 1 aromatic heterocycles. The summed E-state index contributed by atoms with van der Waals surface area (Å²) >= 11 is 0. The van der Waals surface area contributed by atoms with E-state index in [1.807, 2.05) is 42.5 Å². The largest absolute Gasteiger partial charge is 0.353 e. The molecule has 0 radical (unpaired) electrons. The second kappa shape index (κ2) is 7.72. The average Bonchev–Trinajstić information content (AvgIpc) is 3.53. The Morgan fingerprint density at radius 2 is 1.96 bits per heavy atom. The Morgan fingerprint density at radius 3 is 2.69 bits per heavy atom. The summed E-state index contributed by atoms with van der Waals surface area (Å²) in [6.07, 6.45) is 6.03. The van der Waals surface area contributed by atoms with Gasteiger partial charge in [-0.3, -0.25) is 0 Å². The number of carbonyl (C=O) groups excluding carboxylic acids is 1. The first-order valence-electron chi connectivity index (χ1n) is 9.44. The summed E-state index contributed by atoms with van der Waals surface area (Å²) in [7, 11) is 0. The molecule has 1 aromatic carbocycles. The summed E-state index contributed by atoms with van der Waals surface area (Å²) in [4.78, 5) is 17.2. The molecule has 2 aromatic rings. The maximum absolute atomic E-state index is 12.9. The quantitative estimate of drug-likeness (QED) is 0.900. The van der Waals surface area contributed by atoms with E-state index in [9.17, 15) is 4.79 Å². The number of aromatic nitrogens is 2. The fraction of sp³-hybridized carbons (Fsp3) is 0.450. The van der Waals surface area contributed by atoms with Crippen molar-refractivity contribution < 1.29 is 4.79 Å². The van der Waals surface area contributed by atoms with Gasteiger partial charge >= 0.3 is 6.03 Å². The zero-order valence-electron chi connectivity index (χ0n) is 14.9. The summed E-state index contributed by atoms with van der Waals surface area (Å²) in [5.41, 5.74) is 1.13. The van der Waals surface area contributed by atoms with Crippen molar-refractivity contribution in [3.8, 4) is 0 Å². The SMILES string of the molecule is O=C(NCc1ccccc1)N(C1CC1)[C@@H]1CCCN(c2cccnn2)C1. The van der Waals surface area contributed by atoms with Crippen molar-refractivity contribution in [2.24, 2.45) is 0 Å². The van der Waals surface area contributed by atoms with Crippen LogP contribution in [0.2, 0.25) is 0 Å². The molecule has 1 N–H and O–H groups in total. The van der Waals surface area contributed by atoms with Crippen molar-refractivity contribution in [1.82, 2.24) is 20.4 Å². The zero-order valence-corrected chi connectivity index (χ0v) is 14.9. The number of urea groups is 1. The highest BCUT2D eigenvalue weighted by molar-refractivity contribution is 5.75. The second-order valence-electron chi connectivity index (χ2n) is 7.11. The third kappa shape index (κ3) is 3.95. The smallest absolute Gasteiger partial charge is 0.318 e. The van der Waals surface area contributed by atoms with Gasteiger partial charge in [-0.15, -0.1) is 5.10 Å². The molecule has 136 valence electrons. The van der Waals surface area contributed by atoms with E-state index >= 15 is 0 Å². The molecule has 2 amide bonds. The number of amides is 2. The van der Waals surface area contributed by atoms with Gasteiger partial charge in [-0.25, -0.2) is 4.79 Å². The summed E-state index contributed by atoms with van der Waals surface area (Å²) in [6.45, 7) is 2.37. The first kappa shape index (κ1) is 16.8. The lowest BCUT2D eigenvalue weighted by Gasteiger charge is -2.40. The highest BCUT2D eigenvalue weighted by Gasteiger charge is 2.39. The van der Waals surface area contributed by atoms with Gasteiger partial charge in [-0.1, -0.05) is 30.3 Å². The van der Waals surface area contributed by atoms with E-state index in [4.69, 9.17) is 0 Å². The molecule has 2 aliphatic rings. The number of piperidine rings is 1. The van der Waals surface area contributed by atoms with Gasteiger partial charge in [0.2, 0.25) is 0 Å². The van der Waals surface area contributed by atoms with Crippen LogP contribution in [-0.2, 0) is 6.54 Å². The topological polar surface area (TPSA) is 61.4 Å². The van der Waals surface area contributed by atoms with Crippen molar-refractivity contribution in [3.05, 3.63) is 54.2 Å². The number of hydrogen-bond acceptors (Lipinski definition) is 4. The van der Waals surface area contributed by atoms with Crippen LogP contribution in [0, 0.1) is 0 Å². The van der Waals surface area contributed by atoms with Gasteiger partial charge in [0.1, 0.15) is 0 Å². The molecule has 1 saturated carbocycles. The number of nitrogens with one attached hydrogen (secondary N) is 1. The van der Waals surface area contributed by atoms with Crippen molar-refractivity contribution in [3.63, 3.8) is 0 Å². The standard InChI is InChI=1S/C20H25N5O/c26-20(21-14-16-6-2-1-3-7-16)25(17-10-11-17)18-8-5-13-24(15-18)19-9-4-12-22-23-19/h1-4,6-7,9,12,17-18H,5,8,10-11,13-15H2,(H,21,26)/t18-/m1/s1. The maximum atomic E-state index is 12.9. The van der Waals surface area contributed by atoms with E-state index < -0.39 is 0 Å². The van der Waals surface area contributed by atoms with E-state index in [-0.39, 0.29) is 12.1 Å². The fourth-order valence-corrected chi connectivity index (χ4v) is 3.70. The highest BCUT2D eigenvalue weighted by Crippen LogP contribution is 2.32. The Bertz CT molecular complexity index is 719. The van der Waals surface area contributed by atoms with E-state index in [1.165, 1.54) is 0 Å². The zero-order chi connectivity index (χ0) is 17.8. The lowest BCUT2D eigenvalue weighted by atomic mass is 10.0. The molecule has 1 aliphatic heterocycles. The molecule has 1 saturated heterocycles. The molecule has 2 fully saturated rings. The Kier molecular flexibility index (Phi) is 5.00. The summed E-state index contributed by atoms with van der Waals surface area (Å²) in [5, 5.41) is 11.3. The fourth-order valence-electron chi connectivity index (χ4n) is 3.70. The van der Waals surface area contributed by atoms with Crippen molar-refractivity contribution in [2.45, 2.75) is 44.3 Å². The van der Waals surface area contributed by atoms with E-state index in [1.54, 1.807) is 6.20 Å². The van der Waals surface area contributed by atoms with Crippen LogP contribution in [-0.4, -0.2) is 46.3 Å². The molecule has 1 aliphatic carbocycles. The van der Waals surface area contributed by atoms with Gasteiger partial charge in [0.05, 0.1) is 6.04 Å². The number of hydrogen-bond donors (Lipinski definition) is 1. The average molecular weight is 351 g/mol. The predicted molar refractivity (Wildman–Crippen MR) is 101 cm³/mol. The Morgan fingerprint density at radius 1 is 1.12 bits per heavy atom. The minimum atomic E-state index is 0.0577. The molecular weight excluding hydrogens is 326 g/mol. The molecule has 6 heteroatoms. The van der Waals surface area contributed by atoms with Crippen LogP contribution in [0.3, 0.4) is 0 Å². The minimum absolute atomic E-state index is 0.0577. The lowest BCUT2D eigenvalue weighted by molar-refractivity contribution is 0.160. The monoisotopic (exact) mass is 351 g/mol. The van der Waals surface area contributed by atoms with Crippen molar-refractivity contribution >= 4 is 11.8 Å². The molecule has 6 nitrogen and oxygen atoms in total. The molecule has 4 rings (SSSR count). The van der Waals surface area contributed by atoms with Gasteiger partial charge in [0.25, 0.3) is 0 Å². The lowest BCUT2D eigenvalue weighted by Crippen LogP contribution is -2.54. The van der Waals surface area contributed by atoms with Crippen LogP contribution in [0.5, 0.6) is 0 Å². The molecule has 26 heavy (non-hydrogen) atoms. The minimum Gasteiger partial charge on any atom is -0.353 e. The number of anilines is 1. The van der Waals surface area contributed by atoms with Crippen molar-refractivity contribution in [2.75, 3.05) is 18.0 Å². The van der Waals surface area contributed by atoms with Gasteiger partial charge in [-0.05, 0) is 43.4 Å². The van der Waals surface area contributed by atoms with Crippen LogP contribution in [0.15, 0.2) is 48.7 Å².